The van der Waals surface area contributed by atoms with Crippen molar-refractivity contribution in [2.45, 2.75) is 32.5 Å². The topological polar surface area (TPSA) is 36.6 Å². The third-order valence-electron chi connectivity index (χ3n) is 2.61. The van der Waals surface area contributed by atoms with E-state index in [4.69, 9.17) is 4.42 Å². The Morgan fingerprint density at radius 2 is 2.10 bits per heavy atom. The molecule has 0 saturated carbocycles. The maximum Gasteiger partial charge on any atom is 0.120 e. The van der Waals surface area contributed by atoms with Crippen molar-refractivity contribution in [2.75, 3.05) is 7.05 Å². The molecular formula is C16H19NO2S. The van der Waals surface area contributed by atoms with Crippen molar-refractivity contribution < 1.29 is 9.52 Å². The molecule has 2 aromatic heterocycles. The predicted octanol–water partition coefficient (Wildman–Crippen LogP) is 3.10. The summed E-state index contributed by atoms with van der Waals surface area (Å²) in [5.41, 5.74) is 0.230. The molecule has 20 heavy (non-hydrogen) atoms. The third-order valence-corrected chi connectivity index (χ3v) is 3.60. The average Bonchev–Trinajstić information content (AvgIpc) is 2.97. The Kier molecular flexibility index (Phi) is 4.66. The van der Waals surface area contributed by atoms with E-state index in [9.17, 15) is 5.11 Å². The standard InChI is InChI=1S/C16H19NO2S/c1-16(2,18)8-6-14-4-5-15(20-14)11-17(3)10-13-7-9-19-12-13/h4-5,7,9,12,18H,10-11H2,1-3H3. The van der Waals surface area contributed by atoms with E-state index in [1.54, 1.807) is 37.7 Å². The molecule has 0 unspecified atom stereocenters. The van der Waals surface area contributed by atoms with Crippen LogP contribution in [0.3, 0.4) is 0 Å². The van der Waals surface area contributed by atoms with Crippen LogP contribution in [0.2, 0.25) is 0 Å². The third kappa shape index (κ3) is 4.86. The van der Waals surface area contributed by atoms with Gasteiger partial charge in [0, 0.05) is 23.5 Å². The highest BCUT2D eigenvalue weighted by atomic mass is 32.1. The molecule has 0 aliphatic heterocycles. The molecule has 0 fully saturated rings. The van der Waals surface area contributed by atoms with Crippen molar-refractivity contribution in [2.24, 2.45) is 0 Å². The number of aliphatic hydroxyl groups is 1. The minimum absolute atomic E-state index is 0.860. The van der Waals surface area contributed by atoms with Crippen molar-refractivity contribution in [3.63, 3.8) is 0 Å². The highest BCUT2D eigenvalue weighted by Gasteiger charge is 2.07. The number of rotatable bonds is 4. The zero-order valence-corrected chi connectivity index (χ0v) is 12.8. The molecule has 3 nitrogen and oxygen atoms in total. The van der Waals surface area contributed by atoms with Gasteiger partial charge in [-0.2, -0.15) is 0 Å². The second kappa shape index (κ2) is 6.27. The van der Waals surface area contributed by atoms with Crippen LogP contribution in [0.1, 0.15) is 29.2 Å². The van der Waals surface area contributed by atoms with Crippen LogP contribution < -0.4 is 0 Å². The van der Waals surface area contributed by atoms with Gasteiger partial charge in [0.05, 0.1) is 17.4 Å². The number of thiophene rings is 1. The van der Waals surface area contributed by atoms with Crippen molar-refractivity contribution in [1.82, 2.24) is 4.90 Å². The molecule has 1 N–H and O–H groups in total. The summed E-state index contributed by atoms with van der Waals surface area (Å²) in [5.74, 6) is 5.84. The number of hydrogen-bond acceptors (Lipinski definition) is 4. The fraction of sp³-hybridized carbons (Fsp3) is 0.375. The largest absolute Gasteiger partial charge is 0.472 e. The smallest absolute Gasteiger partial charge is 0.120 e. The Morgan fingerprint density at radius 3 is 2.75 bits per heavy atom. The Hall–Kier alpha value is -1.54. The van der Waals surface area contributed by atoms with Crippen molar-refractivity contribution >= 4 is 11.3 Å². The van der Waals surface area contributed by atoms with Crippen molar-refractivity contribution in [3.8, 4) is 11.8 Å². The van der Waals surface area contributed by atoms with Gasteiger partial charge in [-0.25, -0.2) is 0 Å². The van der Waals surface area contributed by atoms with Crippen LogP contribution in [0.15, 0.2) is 35.1 Å². The molecule has 0 radical (unpaired) electrons. The normalized spacial score (nSPS) is 11.4. The van der Waals surface area contributed by atoms with E-state index in [1.165, 1.54) is 10.4 Å². The van der Waals surface area contributed by atoms with Gasteiger partial charge in [0.15, 0.2) is 0 Å². The summed E-state index contributed by atoms with van der Waals surface area (Å²) in [7, 11) is 2.08. The van der Waals surface area contributed by atoms with Crippen LogP contribution in [-0.2, 0) is 13.1 Å². The molecule has 2 heterocycles. The van der Waals surface area contributed by atoms with Gasteiger partial charge in [-0.15, -0.1) is 11.3 Å². The highest BCUT2D eigenvalue weighted by molar-refractivity contribution is 7.12. The molecule has 0 saturated heterocycles. The minimum Gasteiger partial charge on any atom is -0.472 e. The van der Waals surface area contributed by atoms with E-state index in [2.05, 4.69) is 29.9 Å². The first-order chi connectivity index (χ1) is 9.42. The van der Waals surface area contributed by atoms with Crippen LogP contribution >= 0.6 is 11.3 Å². The SMILES string of the molecule is CN(Cc1ccoc1)Cc1ccc(C#CC(C)(C)O)s1. The first kappa shape index (κ1) is 14.9. The molecule has 2 aromatic rings. The van der Waals surface area contributed by atoms with Crippen molar-refractivity contribution in [1.29, 1.82) is 0 Å². The summed E-state index contributed by atoms with van der Waals surface area (Å²) in [6.45, 7) is 5.11. The van der Waals surface area contributed by atoms with Gasteiger partial charge in [-0.05, 0) is 39.1 Å². The van der Waals surface area contributed by atoms with Crippen LogP contribution in [-0.4, -0.2) is 22.7 Å². The Balaban J connectivity index is 1.93. The molecule has 0 aromatic carbocycles. The summed E-state index contributed by atoms with van der Waals surface area (Å²) in [5, 5.41) is 9.59. The second-order valence-corrected chi connectivity index (χ2v) is 6.55. The molecular weight excluding hydrogens is 270 g/mol. The van der Waals surface area contributed by atoms with Crippen LogP contribution in [0.4, 0.5) is 0 Å². The molecule has 4 heteroatoms. The van der Waals surface area contributed by atoms with E-state index in [0.717, 1.165) is 18.0 Å². The summed E-state index contributed by atoms with van der Waals surface area (Å²) in [6, 6.07) is 6.07. The summed E-state index contributed by atoms with van der Waals surface area (Å²) in [4.78, 5) is 4.47. The van der Waals surface area contributed by atoms with Crippen molar-refractivity contribution in [3.05, 3.63) is 46.0 Å². The Bertz CT molecular complexity index is 596. The number of nitrogens with zero attached hydrogens (tertiary/aromatic N) is 1. The van der Waals surface area contributed by atoms with Gasteiger partial charge in [0.1, 0.15) is 5.60 Å². The minimum atomic E-state index is -0.942. The Labute approximate surface area is 123 Å². The summed E-state index contributed by atoms with van der Waals surface area (Å²) in [6.07, 6.45) is 3.46. The lowest BCUT2D eigenvalue weighted by atomic mass is 10.1. The molecule has 2 rings (SSSR count). The van der Waals surface area contributed by atoms with Gasteiger partial charge in [-0.3, -0.25) is 4.90 Å². The van der Waals surface area contributed by atoms with E-state index < -0.39 is 5.60 Å². The van der Waals surface area contributed by atoms with E-state index in [-0.39, 0.29) is 0 Å². The van der Waals surface area contributed by atoms with Crippen LogP contribution in [0, 0.1) is 11.8 Å². The molecule has 106 valence electrons. The van der Waals surface area contributed by atoms with Crippen LogP contribution in [0.5, 0.6) is 0 Å². The Morgan fingerprint density at radius 1 is 1.30 bits per heavy atom. The molecule has 0 aliphatic carbocycles. The fourth-order valence-corrected chi connectivity index (χ4v) is 2.70. The summed E-state index contributed by atoms with van der Waals surface area (Å²) < 4.78 is 5.07. The maximum absolute atomic E-state index is 9.59. The van der Waals surface area contributed by atoms with Crippen LogP contribution in [0.25, 0.3) is 0 Å². The number of furan rings is 1. The quantitative estimate of drug-likeness (QED) is 0.879. The first-order valence-electron chi connectivity index (χ1n) is 6.46. The molecule has 0 spiro atoms. The van der Waals surface area contributed by atoms with Gasteiger partial charge < -0.3 is 9.52 Å². The lowest BCUT2D eigenvalue weighted by molar-refractivity contribution is 0.143. The fourth-order valence-electron chi connectivity index (χ4n) is 1.76. The molecule has 0 aliphatic rings. The van der Waals surface area contributed by atoms with E-state index in [0.29, 0.717) is 0 Å². The number of hydrogen-bond donors (Lipinski definition) is 1. The maximum atomic E-state index is 9.59. The summed E-state index contributed by atoms with van der Waals surface area (Å²) >= 11 is 1.66. The first-order valence-corrected chi connectivity index (χ1v) is 7.28. The molecule has 0 atom stereocenters. The van der Waals surface area contributed by atoms with Gasteiger partial charge in [0.2, 0.25) is 0 Å². The van der Waals surface area contributed by atoms with Gasteiger partial charge in [-0.1, -0.05) is 11.8 Å². The lowest BCUT2D eigenvalue weighted by Crippen LogP contribution is -2.15. The second-order valence-electron chi connectivity index (χ2n) is 5.38. The lowest BCUT2D eigenvalue weighted by Gasteiger charge is -2.13. The van der Waals surface area contributed by atoms with E-state index in [1.807, 2.05) is 12.1 Å². The molecule has 0 amide bonds. The predicted molar refractivity (Wildman–Crippen MR) is 81.4 cm³/mol. The van der Waals surface area contributed by atoms with Gasteiger partial charge >= 0.3 is 0 Å². The monoisotopic (exact) mass is 289 g/mol. The molecule has 0 bridgehead atoms. The highest BCUT2D eigenvalue weighted by Crippen LogP contribution is 2.18. The van der Waals surface area contributed by atoms with E-state index >= 15 is 0 Å². The average molecular weight is 289 g/mol. The zero-order valence-electron chi connectivity index (χ0n) is 12.0. The van der Waals surface area contributed by atoms with Gasteiger partial charge in [0.25, 0.3) is 0 Å². The zero-order chi connectivity index (χ0) is 14.6.